The zero-order valence-electron chi connectivity index (χ0n) is 18.4. The van der Waals surface area contributed by atoms with E-state index in [2.05, 4.69) is 0 Å². The van der Waals surface area contributed by atoms with Gasteiger partial charge in [0.1, 0.15) is 11.7 Å². The quantitative estimate of drug-likeness (QED) is 0.228. The molecule has 32 heavy (non-hydrogen) atoms. The molecule has 4 nitrogen and oxygen atoms in total. The largest absolute Gasteiger partial charge is 0.497 e. The fourth-order valence-electron chi connectivity index (χ4n) is 4.20. The van der Waals surface area contributed by atoms with E-state index in [-0.39, 0.29) is 5.78 Å². The van der Waals surface area contributed by atoms with Gasteiger partial charge >= 0.3 is 5.97 Å². The van der Waals surface area contributed by atoms with E-state index in [1.165, 1.54) is 7.11 Å². The van der Waals surface area contributed by atoms with E-state index < -0.39 is 16.6 Å². The fraction of sp³-hybridized carbons (Fsp3) is 0.440. The number of esters is 1. The molecular formula is C25H28Cl2O4S. The second-order valence-electron chi connectivity index (χ2n) is 8.03. The zero-order valence-corrected chi connectivity index (χ0v) is 20.7. The Morgan fingerprint density at radius 1 is 1.00 bits per heavy atom. The summed E-state index contributed by atoms with van der Waals surface area (Å²) in [5, 5.41) is 0.748. The summed E-state index contributed by atoms with van der Waals surface area (Å²) in [5.74, 6) is -0.340. The SMILES string of the molecule is COC(=O)C(C(=O)C1(SCc2ccc(OC)cc2)CCCCCC1)c1ccc(Cl)cc1Cl. The maximum absolute atomic E-state index is 14.1. The number of methoxy groups -OCH3 is 2. The summed E-state index contributed by atoms with van der Waals surface area (Å²) in [6.45, 7) is 0. The van der Waals surface area contributed by atoms with Crippen LogP contribution >= 0.6 is 35.0 Å². The maximum Gasteiger partial charge on any atom is 0.320 e. The number of hydrogen-bond donors (Lipinski definition) is 0. The van der Waals surface area contributed by atoms with Gasteiger partial charge < -0.3 is 9.47 Å². The molecule has 0 N–H and O–H groups in total. The van der Waals surface area contributed by atoms with E-state index >= 15 is 0 Å². The zero-order chi connectivity index (χ0) is 23.1. The van der Waals surface area contributed by atoms with Gasteiger partial charge in [-0.15, -0.1) is 11.8 Å². The Bertz CT molecular complexity index is 937. The third-order valence-electron chi connectivity index (χ3n) is 6.01. The molecule has 1 aliphatic rings. The molecule has 1 unspecified atom stereocenters. The normalized spacial score (nSPS) is 16.6. The van der Waals surface area contributed by atoms with Crippen LogP contribution < -0.4 is 4.74 Å². The third kappa shape index (κ3) is 5.81. The van der Waals surface area contributed by atoms with Crippen molar-refractivity contribution in [2.45, 2.75) is 54.9 Å². The lowest BCUT2D eigenvalue weighted by Gasteiger charge is -2.34. The van der Waals surface area contributed by atoms with E-state index in [0.29, 0.717) is 21.4 Å². The number of Topliss-reactive ketones (excluding diaryl/α,β-unsaturated/α-hetero) is 1. The number of carbonyl (C=O) groups is 2. The molecule has 0 heterocycles. The molecule has 0 saturated heterocycles. The van der Waals surface area contributed by atoms with Crippen LogP contribution in [0.1, 0.15) is 55.6 Å². The Hall–Kier alpha value is -1.69. The number of benzene rings is 2. The highest BCUT2D eigenvalue weighted by molar-refractivity contribution is 8.00. The van der Waals surface area contributed by atoms with Gasteiger partial charge in [-0.05, 0) is 48.2 Å². The van der Waals surface area contributed by atoms with Gasteiger partial charge in [-0.25, -0.2) is 0 Å². The first kappa shape index (κ1) is 24.9. The number of hydrogen-bond acceptors (Lipinski definition) is 5. The topological polar surface area (TPSA) is 52.6 Å². The highest BCUT2D eigenvalue weighted by Crippen LogP contribution is 2.45. The van der Waals surface area contributed by atoms with Gasteiger partial charge in [0.2, 0.25) is 0 Å². The fourth-order valence-corrected chi connectivity index (χ4v) is 6.19. The summed E-state index contributed by atoms with van der Waals surface area (Å²) in [6.07, 6.45) is 5.52. The van der Waals surface area contributed by atoms with Gasteiger partial charge in [0, 0.05) is 15.8 Å². The average molecular weight is 495 g/mol. The minimum absolute atomic E-state index is 0.131. The van der Waals surface area contributed by atoms with Crippen LogP contribution in [-0.4, -0.2) is 30.7 Å². The predicted octanol–water partition coefficient (Wildman–Crippen LogP) is 6.85. The lowest BCUT2D eigenvalue weighted by atomic mass is 9.82. The van der Waals surface area contributed by atoms with Crippen molar-refractivity contribution in [3.8, 4) is 5.75 Å². The molecule has 7 heteroatoms. The first-order valence-electron chi connectivity index (χ1n) is 10.7. The minimum Gasteiger partial charge on any atom is -0.497 e. The number of halogens is 2. The van der Waals surface area contributed by atoms with Gasteiger partial charge in [-0.1, -0.05) is 67.1 Å². The van der Waals surface area contributed by atoms with Crippen molar-refractivity contribution in [2.75, 3.05) is 14.2 Å². The summed E-state index contributed by atoms with van der Waals surface area (Å²) in [6, 6.07) is 12.7. The van der Waals surface area contributed by atoms with E-state index in [4.69, 9.17) is 32.7 Å². The van der Waals surface area contributed by atoms with Gasteiger partial charge in [0.25, 0.3) is 0 Å². The Labute approximate surface area is 204 Å². The van der Waals surface area contributed by atoms with Crippen LogP contribution in [0.2, 0.25) is 10.0 Å². The van der Waals surface area contributed by atoms with Gasteiger partial charge in [-0.3, -0.25) is 9.59 Å². The van der Waals surface area contributed by atoms with Crippen LogP contribution in [0.25, 0.3) is 0 Å². The molecule has 1 fully saturated rings. The Morgan fingerprint density at radius 2 is 1.66 bits per heavy atom. The molecule has 0 radical (unpaired) electrons. The minimum atomic E-state index is -1.08. The molecule has 0 amide bonds. The molecule has 2 aromatic carbocycles. The van der Waals surface area contributed by atoms with Crippen LogP contribution in [0.5, 0.6) is 5.75 Å². The van der Waals surface area contributed by atoms with E-state index in [9.17, 15) is 9.59 Å². The molecule has 1 aliphatic carbocycles. The van der Waals surface area contributed by atoms with Crippen LogP contribution in [0.3, 0.4) is 0 Å². The molecule has 0 bridgehead atoms. The second kappa shape index (κ2) is 11.4. The molecule has 0 aromatic heterocycles. The molecule has 2 aromatic rings. The predicted molar refractivity (Wildman–Crippen MR) is 131 cm³/mol. The number of thioether (sulfide) groups is 1. The van der Waals surface area contributed by atoms with Crippen LogP contribution in [0.15, 0.2) is 42.5 Å². The third-order valence-corrected chi connectivity index (χ3v) is 8.21. The van der Waals surface area contributed by atoms with Crippen LogP contribution in [-0.2, 0) is 20.1 Å². The molecule has 1 atom stereocenters. The average Bonchev–Trinajstić information content (AvgIpc) is 3.06. The Kier molecular flexibility index (Phi) is 8.92. The Balaban J connectivity index is 1.95. The molecular weight excluding hydrogens is 467 g/mol. The molecule has 3 rings (SSSR count). The molecule has 0 spiro atoms. The Morgan fingerprint density at radius 3 is 2.22 bits per heavy atom. The standard InChI is InChI=1S/C25H28Cl2O4S/c1-30-19-10-7-17(8-11-19)16-32-25(13-5-3-4-6-14-25)23(28)22(24(29)31-2)20-12-9-18(26)15-21(20)27/h7-12,15,22H,3-6,13-14,16H2,1-2H3. The number of ketones is 1. The van der Waals surface area contributed by atoms with Crippen molar-refractivity contribution in [1.29, 1.82) is 0 Å². The molecule has 172 valence electrons. The highest BCUT2D eigenvalue weighted by atomic mass is 35.5. The van der Waals surface area contributed by atoms with Gasteiger partial charge in [-0.2, -0.15) is 0 Å². The van der Waals surface area contributed by atoms with Crippen molar-refractivity contribution in [3.63, 3.8) is 0 Å². The van der Waals surface area contributed by atoms with Crippen LogP contribution in [0, 0.1) is 0 Å². The number of ether oxygens (including phenoxy) is 2. The first-order valence-corrected chi connectivity index (χ1v) is 12.5. The molecule has 0 aliphatic heterocycles. The van der Waals surface area contributed by atoms with Crippen molar-refractivity contribution in [3.05, 3.63) is 63.6 Å². The lowest BCUT2D eigenvalue weighted by Crippen LogP contribution is -2.42. The monoisotopic (exact) mass is 494 g/mol. The smallest absolute Gasteiger partial charge is 0.320 e. The van der Waals surface area contributed by atoms with Gasteiger partial charge in [0.15, 0.2) is 5.78 Å². The summed E-state index contributed by atoms with van der Waals surface area (Å²) >= 11 is 14.1. The van der Waals surface area contributed by atoms with Crippen LogP contribution in [0.4, 0.5) is 0 Å². The van der Waals surface area contributed by atoms with Crippen molar-refractivity contribution in [2.24, 2.45) is 0 Å². The maximum atomic E-state index is 14.1. The van der Waals surface area contributed by atoms with Crippen molar-refractivity contribution >= 4 is 46.7 Å². The number of carbonyl (C=O) groups excluding carboxylic acids is 2. The van der Waals surface area contributed by atoms with Crippen molar-refractivity contribution in [1.82, 2.24) is 0 Å². The highest BCUT2D eigenvalue weighted by Gasteiger charge is 2.46. The van der Waals surface area contributed by atoms with E-state index in [1.54, 1.807) is 37.1 Å². The molecule has 1 saturated carbocycles. The van der Waals surface area contributed by atoms with E-state index in [0.717, 1.165) is 49.8 Å². The first-order chi connectivity index (χ1) is 15.4. The van der Waals surface area contributed by atoms with Crippen molar-refractivity contribution < 1.29 is 19.1 Å². The second-order valence-corrected chi connectivity index (χ2v) is 10.2. The lowest BCUT2D eigenvalue weighted by molar-refractivity contribution is -0.146. The summed E-state index contributed by atoms with van der Waals surface area (Å²) in [4.78, 5) is 26.9. The summed E-state index contributed by atoms with van der Waals surface area (Å²) in [5.41, 5.74) is 1.55. The van der Waals surface area contributed by atoms with E-state index in [1.807, 2.05) is 24.3 Å². The van der Waals surface area contributed by atoms with Gasteiger partial charge in [0.05, 0.1) is 19.0 Å². The summed E-state index contributed by atoms with van der Waals surface area (Å²) < 4.78 is 9.61. The number of rotatable bonds is 8. The summed E-state index contributed by atoms with van der Waals surface area (Å²) in [7, 11) is 2.94.